The lowest BCUT2D eigenvalue weighted by Crippen LogP contribution is -2.35. The zero-order chi connectivity index (χ0) is 20.4. The predicted octanol–water partition coefficient (Wildman–Crippen LogP) is 4.50. The van der Waals surface area contributed by atoms with E-state index in [0.717, 1.165) is 42.8 Å². The molecule has 4 rings (SSSR count). The van der Waals surface area contributed by atoms with Crippen LogP contribution in [0.4, 0.5) is 5.69 Å². The van der Waals surface area contributed by atoms with Crippen LogP contribution in [0.1, 0.15) is 32.0 Å². The van der Waals surface area contributed by atoms with Gasteiger partial charge >= 0.3 is 0 Å². The van der Waals surface area contributed by atoms with Gasteiger partial charge in [-0.05, 0) is 56.2 Å². The van der Waals surface area contributed by atoms with Crippen LogP contribution in [0.2, 0.25) is 5.02 Å². The van der Waals surface area contributed by atoms with E-state index in [1.54, 1.807) is 16.4 Å². The molecule has 0 saturated carbocycles. The third-order valence-corrected chi connectivity index (χ3v) is 7.47. The molecule has 1 fully saturated rings. The van der Waals surface area contributed by atoms with Gasteiger partial charge in [-0.15, -0.1) is 0 Å². The second-order valence-electron chi connectivity index (χ2n) is 7.25. The summed E-state index contributed by atoms with van der Waals surface area (Å²) in [6.45, 7) is 4.53. The maximum atomic E-state index is 13.0. The predicted molar refractivity (Wildman–Crippen MR) is 117 cm³/mol. The van der Waals surface area contributed by atoms with Crippen LogP contribution in [0, 0.1) is 0 Å². The first-order valence-electron chi connectivity index (χ1n) is 9.98. The van der Waals surface area contributed by atoms with Crippen LogP contribution in [0.5, 0.6) is 0 Å². The molecule has 6 nitrogen and oxygen atoms in total. The second kappa shape index (κ2) is 8.34. The van der Waals surface area contributed by atoms with Crippen molar-refractivity contribution in [1.29, 1.82) is 0 Å². The van der Waals surface area contributed by atoms with Gasteiger partial charge in [-0.25, -0.2) is 13.4 Å². The molecule has 0 bridgehead atoms. The standard InChI is InChI=1S/C21H25ClN4O2S/c1-2-26-20-10-9-18(29(27,28)25-11-4-3-5-12-25)14-19(20)24-21(26)15-23-17-8-6-7-16(22)13-17/h6-10,13-14,23H,2-5,11-12,15H2,1H3. The molecule has 1 aliphatic rings. The summed E-state index contributed by atoms with van der Waals surface area (Å²) in [5, 5.41) is 4.01. The molecule has 0 spiro atoms. The number of halogens is 1. The lowest BCUT2D eigenvalue weighted by Gasteiger charge is -2.25. The quantitative estimate of drug-likeness (QED) is 0.622. The Bertz CT molecular complexity index is 1120. The van der Waals surface area contributed by atoms with E-state index < -0.39 is 10.0 Å². The fourth-order valence-electron chi connectivity index (χ4n) is 3.84. The average molecular weight is 433 g/mol. The number of fused-ring (bicyclic) bond motifs is 1. The van der Waals surface area contributed by atoms with Crippen LogP contribution in [0.25, 0.3) is 11.0 Å². The summed E-state index contributed by atoms with van der Waals surface area (Å²) in [4.78, 5) is 5.05. The lowest BCUT2D eigenvalue weighted by molar-refractivity contribution is 0.346. The van der Waals surface area contributed by atoms with E-state index in [1.807, 2.05) is 30.3 Å². The number of imidazole rings is 1. The Labute approximate surface area is 176 Å². The van der Waals surface area contributed by atoms with Crippen molar-refractivity contribution in [1.82, 2.24) is 13.9 Å². The van der Waals surface area contributed by atoms with E-state index in [0.29, 0.717) is 35.1 Å². The molecule has 1 aliphatic heterocycles. The highest BCUT2D eigenvalue weighted by atomic mass is 35.5. The molecule has 3 aromatic rings. The number of rotatable bonds is 6. The number of aromatic nitrogens is 2. The van der Waals surface area contributed by atoms with E-state index in [2.05, 4.69) is 16.8 Å². The molecular weight excluding hydrogens is 408 g/mol. The van der Waals surface area contributed by atoms with Gasteiger partial charge in [-0.1, -0.05) is 24.1 Å². The minimum Gasteiger partial charge on any atom is -0.378 e. The second-order valence-corrected chi connectivity index (χ2v) is 9.63. The van der Waals surface area contributed by atoms with Crippen LogP contribution >= 0.6 is 11.6 Å². The first-order chi connectivity index (χ1) is 14.0. The van der Waals surface area contributed by atoms with Gasteiger partial charge < -0.3 is 9.88 Å². The Kier molecular flexibility index (Phi) is 5.81. The number of nitrogens with zero attached hydrogens (tertiary/aromatic N) is 3. The molecule has 1 N–H and O–H groups in total. The summed E-state index contributed by atoms with van der Waals surface area (Å²) < 4.78 is 29.7. The molecule has 2 heterocycles. The Morgan fingerprint density at radius 1 is 1.10 bits per heavy atom. The zero-order valence-electron chi connectivity index (χ0n) is 16.4. The topological polar surface area (TPSA) is 67.2 Å². The normalized spacial score (nSPS) is 15.7. The van der Waals surface area contributed by atoms with Crippen molar-refractivity contribution >= 4 is 38.3 Å². The van der Waals surface area contributed by atoms with Crippen molar-refractivity contribution in [2.24, 2.45) is 0 Å². The van der Waals surface area contributed by atoms with Gasteiger partial charge in [-0.2, -0.15) is 4.31 Å². The van der Waals surface area contributed by atoms with Gasteiger partial charge in [0.05, 0.1) is 22.5 Å². The summed E-state index contributed by atoms with van der Waals surface area (Å²) in [6, 6.07) is 12.8. The summed E-state index contributed by atoms with van der Waals surface area (Å²) in [6.07, 6.45) is 2.94. The number of hydrogen-bond acceptors (Lipinski definition) is 4. The third kappa shape index (κ3) is 4.13. The maximum Gasteiger partial charge on any atom is 0.243 e. The van der Waals surface area contributed by atoms with Gasteiger partial charge in [0.2, 0.25) is 10.0 Å². The molecule has 29 heavy (non-hydrogen) atoms. The number of anilines is 1. The molecule has 0 atom stereocenters. The van der Waals surface area contributed by atoms with Gasteiger partial charge in [0.15, 0.2) is 0 Å². The highest BCUT2D eigenvalue weighted by Gasteiger charge is 2.26. The molecule has 1 aromatic heterocycles. The van der Waals surface area contributed by atoms with Crippen molar-refractivity contribution in [3.8, 4) is 0 Å². The Morgan fingerprint density at radius 2 is 1.90 bits per heavy atom. The Balaban J connectivity index is 1.63. The van der Waals surface area contributed by atoms with E-state index >= 15 is 0 Å². The molecule has 2 aromatic carbocycles. The van der Waals surface area contributed by atoms with Crippen LogP contribution in [-0.2, 0) is 23.1 Å². The largest absolute Gasteiger partial charge is 0.378 e. The minimum atomic E-state index is -3.47. The highest BCUT2D eigenvalue weighted by Crippen LogP contribution is 2.25. The number of piperidine rings is 1. The summed E-state index contributed by atoms with van der Waals surface area (Å²) in [7, 11) is -3.47. The summed E-state index contributed by atoms with van der Waals surface area (Å²) in [5.74, 6) is 0.856. The number of sulfonamides is 1. The molecule has 0 unspecified atom stereocenters. The molecule has 0 radical (unpaired) electrons. The van der Waals surface area contributed by atoms with E-state index in [4.69, 9.17) is 16.6 Å². The highest BCUT2D eigenvalue weighted by molar-refractivity contribution is 7.89. The molecular formula is C21H25ClN4O2S. The Hall–Kier alpha value is -2.09. The summed E-state index contributed by atoms with van der Waals surface area (Å²) >= 11 is 6.05. The number of benzene rings is 2. The number of nitrogens with one attached hydrogen (secondary N) is 1. The SMILES string of the molecule is CCn1c(CNc2cccc(Cl)c2)nc2cc(S(=O)(=O)N3CCCCC3)ccc21. The van der Waals surface area contributed by atoms with E-state index in [9.17, 15) is 8.42 Å². The minimum absolute atomic E-state index is 0.321. The Morgan fingerprint density at radius 3 is 2.62 bits per heavy atom. The van der Waals surface area contributed by atoms with Gasteiger partial charge in [0.25, 0.3) is 0 Å². The van der Waals surface area contributed by atoms with Crippen molar-refractivity contribution in [2.75, 3.05) is 18.4 Å². The third-order valence-electron chi connectivity index (χ3n) is 5.34. The van der Waals surface area contributed by atoms with Gasteiger partial charge in [0, 0.05) is 30.3 Å². The van der Waals surface area contributed by atoms with Crippen LogP contribution in [-0.4, -0.2) is 35.4 Å². The van der Waals surface area contributed by atoms with Crippen molar-refractivity contribution in [3.05, 3.63) is 53.3 Å². The van der Waals surface area contributed by atoms with Crippen molar-refractivity contribution < 1.29 is 8.42 Å². The van der Waals surface area contributed by atoms with Crippen LogP contribution in [0.3, 0.4) is 0 Å². The first kappa shape index (κ1) is 20.2. The maximum absolute atomic E-state index is 13.0. The molecule has 154 valence electrons. The molecule has 0 aliphatic carbocycles. The van der Waals surface area contributed by atoms with Crippen LogP contribution < -0.4 is 5.32 Å². The smallest absolute Gasteiger partial charge is 0.243 e. The molecule has 8 heteroatoms. The number of hydrogen-bond donors (Lipinski definition) is 1. The summed E-state index contributed by atoms with van der Waals surface area (Å²) in [5.41, 5.74) is 2.56. The monoisotopic (exact) mass is 432 g/mol. The first-order valence-corrected chi connectivity index (χ1v) is 11.8. The average Bonchev–Trinajstić information content (AvgIpc) is 3.09. The lowest BCUT2D eigenvalue weighted by atomic mass is 10.2. The van der Waals surface area contributed by atoms with E-state index in [1.165, 1.54) is 0 Å². The molecule has 0 amide bonds. The fourth-order valence-corrected chi connectivity index (χ4v) is 5.57. The van der Waals surface area contributed by atoms with Crippen molar-refractivity contribution in [2.45, 2.75) is 44.2 Å². The van der Waals surface area contributed by atoms with Crippen LogP contribution in [0.15, 0.2) is 47.4 Å². The zero-order valence-corrected chi connectivity index (χ0v) is 18.0. The van der Waals surface area contributed by atoms with E-state index in [-0.39, 0.29) is 0 Å². The fraction of sp³-hybridized carbons (Fsp3) is 0.381. The van der Waals surface area contributed by atoms with Gasteiger partial charge in [0.1, 0.15) is 5.82 Å². The van der Waals surface area contributed by atoms with Gasteiger partial charge in [-0.3, -0.25) is 0 Å². The number of aryl methyl sites for hydroxylation is 1. The van der Waals surface area contributed by atoms with Crippen molar-refractivity contribution in [3.63, 3.8) is 0 Å². The molecule has 1 saturated heterocycles.